The molecule has 0 radical (unpaired) electrons. The summed E-state index contributed by atoms with van der Waals surface area (Å²) in [6.07, 6.45) is 5.02. The van der Waals surface area contributed by atoms with Crippen molar-refractivity contribution in [1.82, 2.24) is 14.9 Å². The van der Waals surface area contributed by atoms with Crippen LogP contribution in [-0.2, 0) is 16.4 Å². The largest absolute Gasteiger partial charge is 0.297 e. The number of hydrogen-bond acceptors (Lipinski definition) is 5. The van der Waals surface area contributed by atoms with Crippen LogP contribution >= 0.6 is 0 Å². The molecule has 0 bridgehead atoms. The van der Waals surface area contributed by atoms with Gasteiger partial charge in [-0.25, -0.2) is 13.4 Å². The second kappa shape index (κ2) is 6.46. The van der Waals surface area contributed by atoms with E-state index in [0.29, 0.717) is 24.5 Å². The van der Waals surface area contributed by atoms with E-state index in [1.165, 1.54) is 12.3 Å². The maximum Gasteiger partial charge on any atom is 0.212 e. The van der Waals surface area contributed by atoms with Crippen LogP contribution in [0.1, 0.15) is 17.0 Å². The summed E-state index contributed by atoms with van der Waals surface area (Å²) in [5, 5.41) is -0.416. The van der Waals surface area contributed by atoms with Crippen molar-refractivity contribution in [3.8, 4) is 11.1 Å². The van der Waals surface area contributed by atoms with Gasteiger partial charge >= 0.3 is 0 Å². The summed E-state index contributed by atoms with van der Waals surface area (Å²) in [7, 11) is -3.35. The summed E-state index contributed by atoms with van der Waals surface area (Å²) < 4.78 is 39.2. The Morgan fingerprint density at radius 3 is 2.68 bits per heavy atom. The molecule has 2 aromatic heterocycles. The molecule has 0 N–H and O–H groups in total. The highest BCUT2D eigenvalue weighted by atomic mass is 32.2. The first kappa shape index (κ1) is 17.5. The molecule has 142 valence electrons. The van der Waals surface area contributed by atoms with Crippen LogP contribution in [-0.4, -0.2) is 41.6 Å². The minimum Gasteiger partial charge on any atom is -0.297 e. The van der Waals surface area contributed by atoms with Gasteiger partial charge in [-0.2, -0.15) is 4.39 Å². The number of sulfone groups is 1. The number of halogens is 1. The number of rotatable bonds is 3. The SMILES string of the molecule is O=S1(=O)c2ccc(-c3ccc(F)nc3)cc2[C@@H]2CN(Cc3cccnc3)C[C@@H]21. The first-order chi connectivity index (χ1) is 13.5. The van der Waals surface area contributed by atoms with E-state index in [1.807, 2.05) is 24.4 Å². The van der Waals surface area contributed by atoms with Gasteiger partial charge in [0.15, 0.2) is 9.84 Å². The number of nitrogens with zero attached hydrogens (tertiary/aromatic N) is 3. The Balaban J connectivity index is 1.48. The van der Waals surface area contributed by atoms with Crippen LogP contribution in [0.15, 0.2) is 66.0 Å². The molecule has 4 heterocycles. The van der Waals surface area contributed by atoms with Crippen LogP contribution in [0.4, 0.5) is 4.39 Å². The van der Waals surface area contributed by atoms with Gasteiger partial charge in [0.05, 0.1) is 10.1 Å². The summed E-state index contributed by atoms with van der Waals surface area (Å²) in [6, 6.07) is 12.3. The maximum atomic E-state index is 13.1. The zero-order valence-electron chi connectivity index (χ0n) is 15.0. The Bertz CT molecular complexity index is 1130. The highest BCUT2D eigenvalue weighted by Gasteiger charge is 2.50. The molecule has 0 aliphatic carbocycles. The van der Waals surface area contributed by atoms with Gasteiger partial charge in [-0.3, -0.25) is 9.88 Å². The number of hydrogen-bond donors (Lipinski definition) is 0. The third-order valence-electron chi connectivity index (χ3n) is 5.65. The van der Waals surface area contributed by atoms with Crippen LogP contribution in [0.25, 0.3) is 11.1 Å². The molecular formula is C21H18FN3O2S. The van der Waals surface area contributed by atoms with Gasteiger partial charge in [0.2, 0.25) is 5.95 Å². The van der Waals surface area contributed by atoms with Crippen LogP contribution in [0.5, 0.6) is 0 Å². The predicted molar refractivity (Wildman–Crippen MR) is 103 cm³/mol. The van der Waals surface area contributed by atoms with Crippen molar-refractivity contribution < 1.29 is 12.8 Å². The lowest BCUT2D eigenvalue weighted by Crippen LogP contribution is -2.25. The topological polar surface area (TPSA) is 63.2 Å². The maximum absolute atomic E-state index is 13.1. The van der Waals surface area contributed by atoms with Crippen molar-refractivity contribution in [1.29, 1.82) is 0 Å². The molecule has 2 aliphatic rings. The van der Waals surface area contributed by atoms with Crippen LogP contribution in [0.3, 0.4) is 0 Å². The Hall–Kier alpha value is -2.64. The summed E-state index contributed by atoms with van der Waals surface area (Å²) >= 11 is 0. The molecule has 1 aromatic carbocycles. The van der Waals surface area contributed by atoms with E-state index in [1.54, 1.807) is 24.4 Å². The van der Waals surface area contributed by atoms with Crippen molar-refractivity contribution in [3.05, 3.63) is 78.1 Å². The van der Waals surface area contributed by atoms with E-state index in [0.717, 1.165) is 22.3 Å². The predicted octanol–water partition coefficient (Wildman–Crippen LogP) is 3.04. The molecule has 7 heteroatoms. The number of fused-ring (bicyclic) bond motifs is 3. The molecule has 2 aliphatic heterocycles. The molecule has 1 saturated heterocycles. The van der Waals surface area contributed by atoms with Crippen LogP contribution in [0.2, 0.25) is 0 Å². The molecule has 3 aromatic rings. The van der Waals surface area contributed by atoms with E-state index in [9.17, 15) is 12.8 Å². The van der Waals surface area contributed by atoms with Gasteiger partial charge in [0.25, 0.3) is 0 Å². The second-order valence-electron chi connectivity index (χ2n) is 7.37. The Morgan fingerprint density at radius 1 is 1.07 bits per heavy atom. The van der Waals surface area contributed by atoms with Crippen molar-refractivity contribution >= 4 is 9.84 Å². The molecule has 0 unspecified atom stereocenters. The van der Waals surface area contributed by atoms with Crippen molar-refractivity contribution in [2.24, 2.45) is 0 Å². The van der Waals surface area contributed by atoms with E-state index in [4.69, 9.17) is 0 Å². The van der Waals surface area contributed by atoms with E-state index < -0.39 is 21.0 Å². The fraction of sp³-hybridized carbons (Fsp3) is 0.238. The molecule has 28 heavy (non-hydrogen) atoms. The second-order valence-corrected chi connectivity index (χ2v) is 9.50. The monoisotopic (exact) mass is 395 g/mol. The zero-order valence-corrected chi connectivity index (χ0v) is 15.8. The van der Waals surface area contributed by atoms with E-state index in [2.05, 4.69) is 14.9 Å². The summed E-state index contributed by atoms with van der Waals surface area (Å²) in [4.78, 5) is 10.5. The van der Waals surface area contributed by atoms with Gasteiger partial charge in [-0.05, 0) is 47.0 Å². The molecule has 5 rings (SSSR count). The average Bonchev–Trinajstić information content (AvgIpc) is 3.21. The Labute approximate surface area is 162 Å². The summed E-state index contributed by atoms with van der Waals surface area (Å²) in [5.41, 5.74) is 3.56. The van der Waals surface area contributed by atoms with Crippen molar-refractivity contribution in [3.63, 3.8) is 0 Å². The average molecular weight is 395 g/mol. The number of benzene rings is 1. The van der Waals surface area contributed by atoms with E-state index in [-0.39, 0.29) is 5.92 Å². The molecular weight excluding hydrogens is 377 g/mol. The number of likely N-dealkylation sites (tertiary alicyclic amines) is 1. The highest BCUT2D eigenvalue weighted by Crippen LogP contribution is 2.46. The minimum absolute atomic E-state index is 0.0509. The van der Waals surface area contributed by atoms with Crippen LogP contribution in [0, 0.1) is 5.95 Å². The number of pyridine rings is 2. The summed E-state index contributed by atoms with van der Waals surface area (Å²) in [5.74, 6) is -0.584. The lowest BCUT2D eigenvalue weighted by molar-refractivity contribution is 0.325. The molecule has 0 amide bonds. The standard InChI is InChI=1S/C21H18FN3O2S/c22-21-6-4-16(10-24-21)15-3-5-19-17(8-15)18-12-25(13-20(18)28(19,26)27)11-14-2-1-7-23-9-14/h1-10,18,20H,11-13H2/t18-,20-/m0/s1. The van der Waals surface area contributed by atoms with Gasteiger partial charge in [-0.15, -0.1) is 0 Å². The highest BCUT2D eigenvalue weighted by molar-refractivity contribution is 7.92. The van der Waals surface area contributed by atoms with E-state index >= 15 is 0 Å². The minimum atomic E-state index is -3.35. The molecule has 0 spiro atoms. The smallest absolute Gasteiger partial charge is 0.212 e. The first-order valence-corrected chi connectivity index (χ1v) is 10.7. The van der Waals surface area contributed by atoms with Gasteiger partial charge in [-0.1, -0.05) is 12.1 Å². The van der Waals surface area contributed by atoms with Gasteiger partial charge < -0.3 is 0 Å². The Morgan fingerprint density at radius 2 is 1.93 bits per heavy atom. The fourth-order valence-corrected chi connectivity index (χ4v) is 6.53. The zero-order chi connectivity index (χ0) is 19.3. The molecule has 5 nitrogen and oxygen atoms in total. The molecule has 0 saturated carbocycles. The molecule has 1 fully saturated rings. The fourth-order valence-electron chi connectivity index (χ4n) is 4.33. The molecule has 2 atom stereocenters. The third kappa shape index (κ3) is 2.82. The van der Waals surface area contributed by atoms with Gasteiger partial charge in [0.1, 0.15) is 0 Å². The third-order valence-corrected chi connectivity index (χ3v) is 7.91. The van der Waals surface area contributed by atoms with Gasteiger partial charge in [0, 0.05) is 49.7 Å². The van der Waals surface area contributed by atoms with Crippen LogP contribution < -0.4 is 0 Å². The van der Waals surface area contributed by atoms with Crippen molar-refractivity contribution in [2.45, 2.75) is 22.6 Å². The summed E-state index contributed by atoms with van der Waals surface area (Å²) in [6.45, 7) is 1.90. The lowest BCUT2D eigenvalue weighted by atomic mass is 9.95. The normalized spacial score (nSPS) is 22.8. The quantitative estimate of drug-likeness (QED) is 0.638. The Kier molecular flexibility index (Phi) is 4.03. The lowest BCUT2D eigenvalue weighted by Gasteiger charge is -2.17. The number of aromatic nitrogens is 2. The van der Waals surface area contributed by atoms with Crippen molar-refractivity contribution in [2.75, 3.05) is 13.1 Å². The first-order valence-electron chi connectivity index (χ1n) is 9.13.